The first-order chi connectivity index (χ1) is 6.86. The predicted molar refractivity (Wildman–Crippen MR) is 59.8 cm³/mol. The smallest absolute Gasteiger partial charge is 0.407 e. The maximum Gasteiger partial charge on any atom is 0.407 e. The maximum absolute atomic E-state index is 11.1. The molecule has 2 atom stereocenters. The molecule has 0 bridgehead atoms. The zero-order valence-electron chi connectivity index (χ0n) is 9.86. The van der Waals surface area contributed by atoms with E-state index in [9.17, 15) is 4.79 Å². The average Bonchev–Trinajstić information content (AvgIpc) is 2.15. The molecule has 1 rings (SSSR count). The highest BCUT2D eigenvalue weighted by atomic mass is 16.4. The second-order valence-electron chi connectivity index (χ2n) is 5.46. The van der Waals surface area contributed by atoms with Gasteiger partial charge in [0.15, 0.2) is 0 Å². The third-order valence-corrected chi connectivity index (χ3v) is 3.45. The average molecular weight is 214 g/mol. The van der Waals surface area contributed by atoms with Gasteiger partial charge >= 0.3 is 6.09 Å². The molecule has 1 amide bonds. The van der Waals surface area contributed by atoms with Crippen molar-refractivity contribution in [3.8, 4) is 0 Å². The molecular weight excluding hydrogens is 192 g/mol. The van der Waals surface area contributed by atoms with Gasteiger partial charge in [-0.25, -0.2) is 4.79 Å². The van der Waals surface area contributed by atoms with Crippen molar-refractivity contribution in [1.29, 1.82) is 0 Å². The van der Waals surface area contributed by atoms with Crippen LogP contribution in [0.4, 0.5) is 4.79 Å². The number of piperidine rings is 1. The van der Waals surface area contributed by atoms with E-state index in [1.165, 1.54) is 4.90 Å². The largest absolute Gasteiger partial charge is 0.465 e. The lowest BCUT2D eigenvalue weighted by molar-refractivity contribution is 0.0562. The molecule has 15 heavy (non-hydrogen) atoms. The van der Waals surface area contributed by atoms with Gasteiger partial charge in [-0.2, -0.15) is 0 Å². The first-order valence-electron chi connectivity index (χ1n) is 5.56. The molecule has 0 radical (unpaired) electrons. The minimum absolute atomic E-state index is 0.0149. The Morgan fingerprint density at radius 2 is 2.07 bits per heavy atom. The van der Waals surface area contributed by atoms with E-state index in [2.05, 4.69) is 20.8 Å². The van der Waals surface area contributed by atoms with Crippen LogP contribution in [0.1, 0.15) is 33.6 Å². The van der Waals surface area contributed by atoms with E-state index >= 15 is 0 Å². The normalized spacial score (nSPS) is 27.9. The van der Waals surface area contributed by atoms with E-state index in [4.69, 9.17) is 10.8 Å². The summed E-state index contributed by atoms with van der Waals surface area (Å²) in [6.45, 7) is 7.56. The number of carbonyl (C=O) groups is 1. The lowest BCUT2D eigenvalue weighted by atomic mass is 9.75. The second-order valence-corrected chi connectivity index (χ2v) is 5.46. The molecular formula is C11H22N2O2. The molecule has 4 heteroatoms. The van der Waals surface area contributed by atoms with Crippen molar-refractivity contribution >= 4 is 6.09 Å². The SMILES string of the molecule is CC(C)(C)C1CCC(CN)N(C(=O)O)C1. The summed E-state index contributed by atoms with van der Waals surface area (Å²) >= 11 is 0. The summed E-state index contributed by atoms with van der Waals surface area (Å²) in [5, 5.41) is 9.09. The highest BCUT2D eigenvalue weighted by Crippen LogP contribution is 2.35. The number of carboxylic acid groups (broad SMARTS) is 1. The number of nitrogens with zero attached hydrogens (tertiary/aromatic N) is 1. The van der Waals surface area contributed by atoms with Crippen molar-refractivity contribution < 1.29 is 9.90 Å². The first kappa shape index (κ1) is 12.3. The molecule has 1 aliphatic rings. The third-order valence-electron chi connectivity index (χ3n) is 3.45. The standard InChI is InChI=1S/C11H22N2O2/c1-11(2,3)8-4-5-9(6-12)13(7-8)10(14)15/h8-9H,4-7,12H2,1-3H3,(H,14,15). The summed E-state index contributed by atoms with van der Waals surface area (Å²) in [7, 11) is 0. The third kappa shape index (κ3) is 2.84. The fraction of sp³-hybridized carbons (Fsp3) is 0.909. The number of likely N-dealkylation sites (tertiary alicyclic amines) is 1. The van der Waals surface area contributed by atoms with E-state index in [-0.39, 0.29) is 11.5 Å². The van der Waals surface area contributed by atoms with Crippen LogP contribution < -0.4 is 5.73 Å². The highest BCUT2D eigenvalue weighted by Gasteiger charge is 2.35. The topological polar surface area (TPSA) is 66.6 Å². The van der Waals surface area contributed by atoms with Gasteiger partial charge in [0.05, 0.1) is 0 Å². The van der Waals surface area contributed by atoms with Gasteiger partial charge in [0.1, 0.15) is 0 Å². The molecule has 0 spiro atoms. The van der Waals surface area contributed by atoms with Crippen molar-refractivity contribution in [3.05, 3.63) is 0 Å². The zero-order valence-corrected chi connectivity index (χ0v) is 9.86. The van der Waals surface area contributed by atoms with E-state index in [1.807, 2.05) is 0 Å². The van der Waals surface area contributed by atoms with Gasteiger partial charge in [-0.1, -0.05) is 20.8 Å². The summed E-state index contributed by atoms with van der Waals surface area (Å²) in [6.07, 6.45) is 1.14. The van der Waals surface area contributed by atoms with Crippen LogP contribution in [-0.2, 0) is 0 Å². The number of rotatable bonds is 1. The summed E-state index contributed by atoms with van der Waals surface area (Å²) in [6, 6.07) is 0.0149. The number of amides is 1. The van der Waals surface area contributed by atoms with Crippen LogP contribution in [0.15, 0.2) is 0 Å². The van der Waals surface area contributed by atoms with Crippen LogP contribution >= 0.6 is 0 Å². The Kier molecular flexibility index (Phi) is 3.60. The number of hydrogen-bond acceptors (Lipinski definition) is 2. The van der Waals surface area contributed by atoms with Crippen molar-refractivity contribution in [3.63, 3.8) is 0 Å². The minimum Gasteiger partial charge on any atom is -0.465 e. The molecule has 0 aliphatic carbocycles. The van der Waals surface area contributed by atoms with Crippen LogP contribution in [0.5, 0.6) is 0 Å². The van der Waals surface area contributed by atoms with Gasteiger partial charge < -0.3 is 15.7 Å². The van der Waals surface area contributed by atoms with E-state index < -0.39 is 6.09 Å². The zero-order chi connectivity index (χ0) is 11.6. The van der Waals surface area contributed by atoms with E-state index in [0.717, 1.165) is 12.8 Å². The quantitative estimate of drug-likeness (QED) is 0.698. The van der Waals surface area contributed by atoms with Crippen LogP contribution in [0.25, 0.3) is 0 Å². The number of nitrogens with two attached hydrogens (primary N) is 1. The van der Waals surface area contributed by atoms with Crippen LogP contribution in [0.2, 0.25) is 0 Å². The monoisotopic (exact) mass is 214 g/mol. The van der Waals surface area contributed by atoms with Crippen LogP contribution in [0, 0.1) is 11.3 Å². The molecule has 4 nitrogen and oxygen atoms in total. The molecule has 2 unspecified atom stereocenters. The molecule has 1 aliphatic heterocycles. The molecule has 1 saturated heterocycles. The maximum atomic E-state index is 11.1. The van der Waals surface area contributed by atoms with Crippen molar-refractivity contribution in [2.24, 2.45) is 17.1 Å². The molecule has 0 aromatic carbocycles. The van der Waals surface area contributed by atoms with Crippen LogP contribution in [0.3, 0.4) is 0 Å². The van der Waals surface area contributed by atoms with Gasteiger partial charge in [-0.05, 0) is 24.2 Å². The molecule has 0 aromatic rings. The minimum atomic E-state index is -0.834. The Hall–Kier alpha value is -0.770. The molecule has 0 saturated carbocycles. The summed E-state index contributed by atoms with van der Waals surface area (Å²) in [5.74, 6) is 0.441. The summed E-state index contributed by atoms with van der Waals surface area (Å²) in [4.78, 5) is 12.6. The molecule has 1 heterocycles. The fourth-order valence-corrected chi connectivity index (χ4v) is 2.21. The van der Waals surface area contributed by atoms with Crippen molar-refractivity contribution in [1.82, 2.24) is 4.90 Å². The Balaban J connectivity index is 2.70. The first-order valence-corrected chi connectivity index (χ1v) is 5.56. The van der Waals surface area contributed by atoms with Gasteiger partial charge in [-0.15, -0.1) is 0 Å². The van der Waals surface area contributed by atoms with Gasteiger partial charge in [-0.3, -0.25) is 0 Å². The second kappa shape index (κ2) is 4.39. The van der Waals surface area contributed by atoms with E-state index in [0.29, 0.717) is 19.0 Å². The molecule has 3 N–H and O–H groups in total. The summed E-state index contributed by atoms with van der Waals surface area (Å²) < 4.78 is 0. The molecule has 0 aromatic heterocycles. The van der Waals surface area contributed by atoms with Gasteiger partial charge in [0, 0.05) is 19.1 Å². The van der Waals surface area contributed by atoms with Crippen LogP contribution in [-0.4, -0.2) is 35.2 Å². The highest BCUT2D eigenvalue weighted by molar-refractivity contribution is 5.65. The fourth-order valence-electron chi connectivity index (χ4n) is 2.21. The summed E-state index contributed by atoms with van der Waals surface area (Å²) in [5.41, 5.74) is 5.75. The van der Waals surface area contributed by atoms with Gasteiger partial charge in [0.25, 0.3) is 0 Å². The van der Waals surface area contributed by atoms with E-state index in [1.54, 1.807) is 0 Å². The Labute approximate surface area is 91.4 Å². The molecule has 88 valence electrons. The van der Waals surface area contributed by atoms with Gasteiger partial charge in [0.2, 0.25) is 0 Å². The van der Waals surface area contributed by atoms with Crippen molar-refractivity contribution in [2.75, 3.05) is 13.1 Å². The Morgan fingerprint density at radius 1 is 1.47 bits per heavy atom. The van der Waals surface area contributed by atoms with Crippen molar-refractivity contribution in [2.45, 2.75) is 39.7 Å². The Morgan fingerprint density at radius 3 is 2.47 bits per heavy atom. The predicted octanol–water partition coefficient (Wildman–Crippen LogP) is 1.75. The number of hydrogen-bond donors (Lipinski definition) is 2. The Bertz CT molecular complexity index is 235. The molecule has 1 fully saturated rings. The lowest BCUT2D eigenvalue weighted by Crippen LogP contribution is -2.51. The lowest BCUT2D eigenvalue weighted by Gasteiger charge is -2.42.